The number of ether oxygens (including phenoxy) is 1. The molecule has 7 nitrogen and oxygen atoms in total. The van der Waals surface area contributed by atoms with Crippen LogP contribution in [0.3, 0.4) is 0 Å². The van der Waals surface area contributed by atoms with Crippen molar-refractivity contribution in [3.63, 3.8) is 0 Å². The van der Waals surface area contributed by atoms with Gasteiger partial charge in [-0.05, 0) is 42.7 Å². The summed E-state index contributed by atoms with van der Waals surface area (Å²) in [7, 11) is 1.61. The number of methoxy groups -OCH3 is 1. The third-order valence-electron chi connectivity index (χ3n) is 7.16. The zero-order valence-electron chi connectivity index (χ0n) is 22.1. The summed E-state index contributed by atoms with van der Waals surface area (Å²) in [6, 6.07) is 27.0. The van der Waals surface area contributed by atoms with E-state index in [4.69, 9.17) is 9.84 Å². The molecule has 0 unspecified atom stereocenters. The standard InChI is InChI=1S/C31H32N4O3/c1-21(2)22-14-16-25(17-15-22)35-29(36)27-18-26(23-10-6-5-7-11-23)33-34(27)20-31(35,3)30(37)32-19-24-12-8-9-13-28(24)38-4/h5-18,21H,19-20H2,1-4H3,(H,32,37)/t31-/m1/s1. The number of hydrogen-bond acceptors (Lipinski definition) is 4. The highest BCUT2D eigenvalue weighted by molar-refractivity contribution is 6.12. The van der Waals surface area contributed by atoms with Crippen LogP contribution in [0.4, 0.5) is 5.69 Å². The summed E-state index contributed by atoms with van der Waals surface area (Å²) in [4.78, 5) is 29.5. The van der Waals surface area contributed by atoms with Gasteiger partial charge in [-0.25, -0.2) is 0 Å². The zero-order chi connectivity index (χ0) is 26.9. The summed E-state index contributed by atoms with van der Waals surface area (Å²) >= 11 is 0. The lowest BCUT2D eigenvalue weighted by Gasteiger charge is -2.43. The molecular formula is C31H32N4O3. The molecule has 0 radical (unpaired) electrons. The summed E-state index contributed by atoms with van der Waals surface area (Å²) < 4.78 is 7.11. The van der Waals surface area contributed by atoms with E-state index >= 15 is 0 Å². The van der Waals surface area contributed by atoms with Gasteiger partial charge in [-0.2, -0.15) is 5.10 Å². The molecule has 1 N–H and O–H groups in total. The Kier molecular flexibility index (Phi) is 6.76. The fourth-order valence-electron chi connectivity index (χ4n) is 4.96. The van der Waals surface area contributed by atoms with Crippen molar-refractivity contribution in [1.29, 1.82) is 0 Å². The molecule has 2 amide bonds. The Morgan fingerprint density at radius 1 is 1.03 bits per heavy atom. The lowest BCUT2D eigenvalue weighted by atomic mass is 9.93. The predicted octanol–water partition coefficient (Wildman–Crippen LogP) is 5.42. The molecule has 7 heteroatoms. The van der Waals surface area contributed by atoms with Crippen LogP contribution < -0.4 is 15.0 Å². The Bertz CT molecular complexity index is 1460. The molecule has 1 aromatic heterocycles. The fourth-order valence-corrected chi connectivity index (χ4v) is 4.96. The van der Waals surface area contributed by atoms with Crippen LogP contribution in [-0.2, 0) is 17.9 Å². The van der Waals surface area contributed by atoms with Crippen molar-refractivity contribution in [2.24, 2.45) is 0 Å². The number of carbonyl (C=O) groups is 2. The van der Waals surface area contributed by atoms with Crippen molar-refractivity contribution in [2.45, 2.75) is 45.3 Å². The average molecular weight is 509 g/mol. The second-order valence-electron chi connectivity index (χ2n) is 10.1. The monoisotopic (exact) mass is 508 g/mol. The van der Waals surface area contributed by atoms with Crippen LogP contribution in [-0.4, -0.2) is 34.2 Å². The average Bonchev–Trinajstić information content (AvgIpc) is 3.36. The lowest BCUT2D eigenvalue weighted by Crippen LogP contribution is -2.64. The van der Waals surface area contributed by atoms with Crippen molar-refractivity contribution >= 4 is 17.5 Å². The second-order valence-corrected chi connectivity index (χ2v) is 10.1. The van der Waals surface area contributed by atoms with Crippen LogP contribution in [0.25, 0.3) is 11.3 Å². The van der Waals surface area contributed by atoms with Crippen molar-refractivity contribution in [3.8, 4) is 17.0 Å². The third-order valence-corrected chi connectivity index (χ3v) is 7.16. The first-order chi connectivity index (χ1) is 18.3. The Morgan fingerprint density at radius 3 is 2.39 bits per heavy atom. The normalized spacial score (nSPS) is 16.9. The minimum absolute atomic E-state index is 0.213. The highest BCUT2D eigenvalue weighted by atomic mass is 16.5. The van der Waals surface area contributed by atoms with Gasteiger partial charge in [0.1, 0.15) is 17.0 Å². The quantitative estimate of drug-likeness (QED) is 0.362. The zero-order valence-corrected chi connectivity index (χ0v) is 22.1. The molecule has 4 aromatic rings. The molecule has 2 heterocycles. The van der Waals surface area contributed by atoms with Gasteiger partial charge in [0.05, 0.1) is 19.3 Å². The molecule has 0 fully saturated rings. The van der Waals surface area contributed by atoms with Gasteiger partial charge in [-0.15, -0.1) is 0 Å². The van der Waals surface area contributed by atoms with Gasteiger partial charge >= 0.3 is 0 Å². The number of rotatable bonds is 7. The molecule has 0 saturated carbocycles. The maximum Gasteiger partial charge on any atom is 0.277 e. The van der Waals surface area contributed by atoms with Gasteiger partial charge in [0.25, 0.3) is 5.91 Å². The van der Waals surface area contributed by atoms with Crippen LogP contribution in [0.15, 0.2) is 84.9 Å². The number of hydrogen-bond donors (Lipinski definition) is 1. The fraction of sp³-hybridized carbons (Fsp3) is 0.258. The molecule has 5 rings (SSSR count). The minimum Gasteiger partial charge on any atom is -0.496 e. The number of amides is 2. The number of aromatic nitrogens is 2. The van der Waals surface area contributed by atoms with E-state index < -0.39 is 5.54 Å². The first-order valence-corrected chi connectivity index (χ1v) is 12.8. The molecule has 0 aliphatic carbocycles. The van der Waals surface area contributed by atoms with Crippen molar-refractivity contribution < 1.29 is 14.3 Å². The van der Waals surface area contributed by atoms with E-state index in [9.17, 15) is 9.59 Å². The molecule has 0 spiro atoms. The number of para-hydroxylation sites is 1. The number of anilines is 1. The molecule has 1 aliphatic rings. The van der Waals surface area contributed by atoms with Gasteiger partial charge in [-0.1, -0.05) is 74.5 Å². The Labute approximate surface area is 223 Å². The maximum absolute atomic E-state index is 14.0. The molecule has 1 aliphatic heterocycles. The molecule has 194 valence electrons. The van der Waals surface area contributed by atoms with Crippen LogP contribution in [0, 0.1) is 0 Å². The SMILES string of the molecule is COc1ccccc1CNC(=O)[C@@]1(C)Cn2nc(-c3ccccc3)cc2C(=O)N1c1ccc(C(C)C)cc1. The van der Waals surface area contributed by atoms with Crippen molar-refractivity contribution in [3.05, 3.63) is 102 Å². The summed E-state index contributed by atoms with van der Waals surface area (Å²) in [6.45, 7) is 6.53. The van der Waals surface area contributed by atoms with E-state index in [1.165, 1.54) is 0 Å². The number of benzene rings is 3. The highest BCUT2D eigenvalue weighted by Crippen LogP contribution is 2.35. The number of nitrogens with zero attached hydrogens (tertiary/aromatic N) is 3. The Balaban J connectivity index is 1.53. The molecule has 3 aromatic carbocycles. The largest absolute Gasteiger partial charge is 0.496 e. The predicted molar refractivity (Wildman–Crippen MR) is 148 cm³/mol. The second kappa shape index (κ2) is 10.2. The first kappa shape index (κ1) is 25.3. The van der Waals surface area contributed by atoms with Crippen LogP contribution in [0.5, 0.6) is 5.75 Å². The molecule has 38 heavy (non-hydrogen) atoms. The number of carbonyl (C=O) groups excluding carboxylic acids is 2. The topological polar surface area (TPSA) is 76.5 Å². The number of nitrogens with one attached hydrogen (secondary N) is 1. The molecular weight excluding hydrogens is 476 g/mol. The lowest BCUT2D eigenvalue weighted by molar-refractivity contribution is -0.126. The van der Waals surface area contributed by atoms with E-state index in [2.05, 4.69) is 19.2 Å². The van der Waals surface area contributed by atoms with Crippen LogP contribution >= 0.6 is 0 Å². The summed E-state index contributed by atoms with van der Waals surface area (Å²) in [5.74, 6) is 0.512. The van der Waals surface area contributed by atoms with E-state index in [0.717, 1.165) is 16.7 Å². The van der Waals surface area contributed by atoms with Gasteiger partial charge < -0.3 is 10.1 Å². The van der Waals surface area contributed by atoms with Gasteiger partial charge in [0, 0.05) is 23.4 Å². The maximum atomic E-state index is 14.0. The van der Waals surface area contributed by atoms with Gasteiger partial charge in [-0.3, -0.25) is 19.2 Å². The van der Waals surface area contributed by atoms with E-state index in [1.807, 2.05) is 78.9 Å². The van der Waals surface area contributed by atoms with Crippen LogP contribution in [0.1, 0.15) is 48.3 Å². The van der Waals surface area contributed by atoms with E-state index in [-0.39, 0.29) is 24.9 Å². The van der Waals surface area contributed by atoms with Crippen LogP contribution in [0.2, 0.25) is 0 Å². The summed E-state index contributed by atoms with van der Waals surface area (Å²) in [6.07, 6.45) is 0. The van der Waals surface area contributed by atoms with Crippen molar-refractivity contribution in [2.75, 3.05) is 12.0 Å². The molecule has 0 saturated heterocycles. The highest BCUT2D eigenvalue weighted by Gasteiger charge is 2.49. The van der Waals surface area contributed by atoms with Gasteiger partial charge in [0.2, 0.25) is 5.91 Å². The Hall–Kier alpha value is -4.39. The van der Waals surface area contributed by atoms with E-state index in [1.54, 1.807) is 29.7 Å². The minimum atomic E-state index is -1.22. The summed E-state index contributed by atoms with van der Waals surface area (Å²) in [5.41, 5.74) is 3.53. The molecule has 0 bridgehead atoms. The van der Waals surface area contributed by atoms with Gasteiger partial charge in [0.15, 0.2) is 0 Å². The van der Waals surface area contributed by atoms with Crippen molar-refractivity contribution in [1.82, 2.24) is 15.1 Å². The Morgan fingerprint density at radius 2 is 1.71 bits per heavy atom. The number of fused-ring (bicyclic) bond motifs is 1. The first-order valence-electron chi connectivity index (χ1n) is 12.8. The smallest absolute Gasteiger partial charge is 0.277 e. The van der Waals surface area contributed by atoms with E-state index in [0.29, 0.717) is 28.7 Å². The summed E-state index contributed by atoms with van der Waals surface area (Å²) in [5, 5.41) is 7.78. The third kappa shape index (κ3) is 4.56. The molecule has 1 atom stereocenters.